The number of hydrogen-bond donors (Lipinski definition) is 2. The van der Waals surface area contributed by atoms with E-state index in [9.17, 15) is 15.0 Å². The summed E-state index contributed by atoms with van der Waals surface area (Å²) in [6, 6.07) is 0. The summed E-state index contributed by atoms with van der Waals surface area (Å²) in [6.45, 7) is 6.01. The first-order chi connectivity index (χ1) is 8.35. The van der Waals surface area contributed by atoms with Crippen molar-refractivity contribution < 1.29 is 19.7 Å². The number of ether oxygens (including phenoxy) is 1. The number of likely N-dealkylation sites (tertiary alicyclic amines) is 1. The summed E-state index contributed by atoms with van der Waals surface area (Å²) in [5.74, 6) is 0.273. The quantitative estimate of drug-likeness (QED) is 0.774. The number of carbonyl (C=O) groups is 1. The van der Waals surface area contributed by atoms with Crippen LogP contribution in [0, 0.1) is 11.8 Å². The van der Waals surface area contributed by atoms with Crippen LogP contribution in [0.15, 0.2) is 0 Å². The average molecular weight is 257 g/mol. The van der Waals surface area contributed by atoms with Gasteiger partial charge in [0.2, 0.25) is 0 Å². The Bertz CT molecular complexity index is 338. The lowest BCUT2D eigenvalue weighted by molar-refractivity contribution is -0.104. The molecule has 1 saturated heterocycles. The Morgan fingerprint density at radius 2 is 2.11 bits per heavy atom. The van der Waals surface area contributed by atoms with Crippen molar-refractivity contribution in [3.8, 4) is 0 Å². The molecule has 1 aliphatic heterocycles. The molecule has 104 valence electrons. The summed E-state index contributed by atoms with van der Waals surface area (Å²) >= 11 is 0. The maximum atomic E-state index is 12.2. The summed E-state index contributed by atoms with van der Waals surface area (Å²) in [5, 5.41) is 19.1. The molecule has 3 atom stereocenters. The second-order valence-electron chi connectivity index (χ2n) is 6.38. The highest BCUT2D eigenvalue weighted by Gasteiger charge is 2.63. The number of rotatable bonds is 2. The first-order valence-corrected chi connectivity index (χ1v) is 6.57. The van der Waals surface area contributed by atoms with E-state index >= 15 is 0 Å². The van der Waals surface area contributed by atoms with Gasteiger partial charge in [0.1, 0.15) is 5.60 Å². The highest BCUT2D eigenvalue weighted by molar-refractivity contribution is 5.70. The summed E-state index contributed by atoms with van der Waals surface area (Å²) in [6.07, 6.45) is 1.39. The van der Waals surface area contributed by atoms with E-state index in [1.165, 1.54) is 0 Å². The van der Waals surface area contributed by atoms with Gasteiger partial charge < -0.3 is 14.9 Å². The van der Waals surface area contributed by atoms with E-state index < -0.39 is 11.1 Å². The Morgan fingerprint density at radius 1 is 1.44 bits per heavy atom. The van der Waals surface area contributed by atoms with Gasteiger partial charge in [-0.15, -0.1) is 0 Å². The van der Waals surface area contributed by atoms with Gasteiger partial charge in [0.25, 0.3) is 0 Å². The van der Waals surface area contributed by atoms with Crippen LogP contribution in [0.4, 0.5) is 4.79 Å². The molecular weight excluding hydrogens is 234 g/mol. The molecule has 2 fully saturated rings. The van der Waals surface area contributed by atoms with E-state index in [0.717, 1.165) is 12.8 Å². The second kappa shape index (κ2) is 4.38. The molecule has 2 aliphatic rings. The van der Waals surface area contributed by atoms with E-state index in [0.29, 0.717) is 12.5 Å². The molecule has 0 aromatic carbocycles. The van der Waals surface area contributed by atoms with E-state index in [2.05, 4.69) is 0 Å². The molecule has 1 aliphatic carbocycles. The zero-order valence-electron chi connectivity index (χ0n) is 11.3. The smallest absolute Gasteiger partial charge is 0.410 e. The van der Waals surface area contributed by atoms with Crippen LogP contribution in [0.1, 0.15) is 33.6 Å². The predicted octanol–water partition coefficient (Wildman–Crippen LogP) is 0.987. The van der Waals surface area contributed by atoms with E-state index in [1.807, 2.05) is 20.8 Å². The molecule has 5 nitrogen and oxygen atoms in total. The van der Waals surface area contributed by atoms with Crippen molar-refractivity contribution in [3.63, 3.8) is 0 Å². The lowest BCUT2D eigenvalue weighted by Crippen LogP contribution is -2.66. The lowest BCUT2D eigenvalue weighted by Gasteiger charge is -2.54. The van der Waals surface area contributed by atoms with E-state index in [-0.39, 0.29) is 25.2 Å². The third-order valence-electron chi connectivity index (χ3n) is 4.27. The van der Waals surface area contributed by atoms with Crippen molar-refractivity contribution in [3.05, 3.63) is 0 Å². The average Bonchev–Trinajstić information content (AvgIpc) is 2.51. The maximum absolute atomic E-state index is 12.2. The van der Waals surface area contributed by atoms with Crippen LogP contribution >= 0.6 is 0 Å². The minimum atomic E-state index is -0.586. The largest absolute Gasteiger partial charge is 0.444 e. The first kappa shape index (κ1) is 13.6. The molecular formula is C13H23NO4. The van der Waals surface area contributed by atoms with Crippen LogP contribution in [0.3, 0.4) is 0 Å². The zero-order chi connectivity index (χ0) is 13.6. The number of carbonyl (C=O) groups excluding carboxylic acids is 1. The predicted molar refractivity (Wildman–Crippen MR) is 66.1 cm³/mol. The molecule has 0 bridgehead atoms. The van der Waals surface area contributed by atoms with Crippen molar-refractivity contribution in [1.82, 2.24) is 4.90 Å². The first-order valence-electron chi connectivity index (χ1n) is 6.57. The van der Waals surface area contributed by atoms with Crippen LogP contribution in [0.2, 0.25) is 0 Å². The highest BCUT2D eigenvalue weighted by Crippen LogP contribution is 2.54. The van der Waals surface area contributed by atoms with Gasteiger partial charge in [-0.2, -0.15) is 0 Å². The summed E-state index contributed by atoms with van der Waals surface area (Å²) in [4.78, 5) is 13.8. The fourth-order valence-corrected chi connectivity index (χ4v) is 3.38. The van der Waals surface area contributed by atoms with Gasteiger partial charge in [-0.1, -0.05) is 0 Å². The van der Waals surface area contributed by atoms with E-state index in [4.69, 9.17) is 4.74 Å². The third-order valence-corrected chi connectivity index (χ3v) is 4.27. The fourth-order valence-electron chi connectivity index (χ4n) is 3.38. The number of amides is 1. The molecule has 0 aromatic heterocycles. The number of fused-ring (bicyclic) bond motifs is 1. The van der Waals surface area contributed by atoms with Crippen molar-refractivity contribution in [2.24, 2.45) is 11.8 Å². The zero-order valence-corrected chi connectivity index (χ0v) is 11.3. The molecule has 2 N–H and O–H groups in total. The standard InChI is InChI=1S/C13H23NO4/c1-12(2,3)18-11(17)14-5-4-9-6-10(7-15)13(9,14)8-16/h9-10,15-16H,4-8H2,1-3H3/t9-,10+,13-/m1/s1. The Hall–Kier alpha value is -0.810. The van der Waals surface area contributed by atoms with Crippen LogP contribution < -0.4 is 0 Å². The maximum Gasteiger partial charge on any atom is 0.410 e. The molecule has 0 radical (unpaired) electrons. The van der Waals surface area contributed by atoms with Gasteiger partial charge in [0.05, 0.1) is 12.1 Å². The second-order valence-corrected chi connectivity index (χ2v) is 6.38. The summed E-state index contributed by atoms with van der Waals surface area (Å²) in [7, 11) is 0. The molecule has 1 heterocycles. The topological polar surface area (TPSA) is 70.0 Å². The molecule has 0 aromatic rings. The third kappa shape index (κ3) is 1.89. The van der Waals surface area contributed by atoms with Gasteiger partial charge in [-0.25, -0.2) is 4.79 Å². The van der Waals surface area contributed by atoms with E-state index in [1.54, 1.807) is 4.90 Å². The van der Waals surface area contributed by atoms with Gasteiger partial charge in [0.15, 0.2) is 0 Å². The summed E-state index contributed by atoms with van der Waals surface area (Å²) in [5.41, 5.74) is -1.12. The fraction of sp³-hybridized carbons (Fsp3) is 0.923. The van der Waals surface area contributed by atoms with Crippen LogP contribution in [0.5, 0.6) is 0 Å². The monoisotopic (exact) mass is 257 g/mol. The normalized spacial score (nSPS) is 35.1. The van der Waals surface area contributed by atoms with Crippen LogP contribution in [-0.2, 0) is 4.74 Å². The summed E-state index contributed by atoms with van der Waals surface area (Å²) < 4.78 is 5.39. The Kier molecular flexibility index (Phi) is 3.32. The number of aliphatic hydroxyl groups excluding tert-OH is 2. The molecule has 18 heavy (non-hydrogen) atoms. The molecule has 5 heteroatoms. The SMILES string of the molecule is CC(C)(C)OC(=O)N1CC[C@@H]2C[C@@H](CO)[C@@]21CO. The number of hydrogen-bond acceptors (Lipinski definition) is 4. The van der Waals surface area contributed by atoms with Gasteiger partial charge in [-0.05, 0) is 39.5 Å². The van der Waals surface area contributed by atoms with Gasteiger partial charge >= 0.3 is 6.09 Å². The highest BCUT2D eigenvalue weighted by atomic mass is 16.6. The number of aliphatic hydroxyl groups is 2. The Balaban J connectivity index is 2.15. The van der Waals surface area contributed by atoms with Crippen molar-refractivity contribution in [1.29, 1.82) is 0 Å². The lowest BCUT2D eigenvalue weighted by atomic mass is 9.59. The Morgan fingerprint density at radius 3 is 2.61 bits per heavy atom. The van der Waals surface area contributed by atoms with Crippen molar-refractivity contribution >= 4 is 6.09 Å². The van der Waals surface area contributed by atoms with Crippen LogP contribution in [-0.4, -0.2) is 52.1 Å². The molecule has 0 unspecified atom stereocenters. The van der Waals surface area contributed by atoms with Gasteiger partial charge in [-0.3, -0.25) is 4.90 Å². The van der Waals surface area contributed by atoms with Crippen molar-refractivity contribution in [2.45, 2.75) is 44.8 Å². The number of nitrogens with zero attached hydrogens (tertiary/aromatic N) is 1. The van der Waals surface area contributed by atoms with Gasteiger partial charge in [0, 0.05) is 19.1 Å². The van der Waals surface area contributed by atoms with Crippen molar-refractivity contribution in [2.75, 3.05) is 19.8 Å². The minimum absolute atomic E-state index is 0.0103. The van der Waals surface area contributed by atoms with Crippen LogP contribution in [0.25, 0.3) is 0 Å². The molecule has 2 rings (SSSR count). The molecule has 1 amide bonds. The minimum Gasteiger partial charge on any atom is -0.444 e. The molecule has 1 saturated carbocycles. The Labute approximate surface area is 108 Å². The molecule has 0 spiro atoms.